The summed E-state index contributed by atoms with van der Waals surface area (Å²) in [5, 5.41) is 0. The number of ether oxygens (including phenoxy) is 4. The van der Waals surface area contributed by atoms with Gasteiger partial charge < -0.3 is 18.9 Å². The molecule has 0 bridgehead atoms. The highest BCUT2D eigenvalue weighted by Gasteiger charge is 2.23. The van der Waals surface area contributed by atoms with Crippen molar-refractivity contribution in [1.29, 1.82) is 0 Å². The maximum Gasteiger partial charge on any atom is 0.222 e. The minimum Gasteiger partial charge on any atom is -0.343 e. The molecule has 0 fully saturated rings. The fourth-order valence-corrected chi connectivity index (χ4v) is 0.983. The monoisotopic (exact) mass is 206 g/mol. The highest BCUT2D eigenvalue weighted by Crippen LogP contribution is 2.08. The molecule has 0 saturated carbocycles. The molecule has 0 aromatic carbocycles. The van der Waals surface area contributed by atoms with Crippen LogP contribution in [0.4, 0.5) is 0 Å². The number of rotatable bonds is 8. The van der Waals surface area contributed by atoms with Gasteiger partial charge in [0.15, 0.2) is 0 Å². The van der Waals surface area contributed by atoms with Crippen LogP contribution in [0.15, 0.2) is 0 Å². The zero-order valence-corrected chi connectivity index (χ0v) is 9.36. The zero-order chi connectivity index (χ0) is 11.0. The summed E-state index contributed by atoms with van der Waals surface area (Å²) < 4.78 is 20.7. The lowest BCUT2D eigenvalue weighted by Crippen LogP contribution is -2.43. The predicted octanol–water partition coefficient (Wildman–Crippen LogP) is 1.01. The van der Waals surface area contributed by atoms with Crippen LogP contribution in [0.5, 0.6) is 0 Å². The van der Waals surface area contributed by atoms with Crippen molar-refractivity contribution in [1.82, 2.24) is 4.90 Å². The van der Waals surface area contributed by atoms with E-state index in [9.17, 15) is 0 Å². The Hall–Kier alpha value is -0.200. The van der Waals surface area contributed by atoms with Gasteiger partial charge in [0.2, 0.25) is 12.8 Å². The molecule has 0 aliphatic rings. The van der Waals surface area contributed by atoms with Crippen LogP contribution < -0.4 is 0 Å². The van der Waals surface area contributed by atoms with Gasteiger partial charge in [0.25, 0.3) is 0 Å². The number of nitrogens with zero attached hydrogens (tertiary/aromatic N) is 1. The summed E-state index contributed by atoms with van der Waals surface area (Å²) in [6.07, 6.45) is -1.12. The highest BCUT2D eigenvalue weighted by atomic mass is 16.7. The number of methoxy groups -OCH3 is 2. The summed E-state index contributed by atoms with van der Waals surface area (Å²) in [5.74, 6) is 0. The van der Waals surface area contributed by atoms with E-state index in [4.69, 9.17) is 18.9 Å². The van der Waals surface area contributed by atoms with Crippen LogP contribution in [-0.4, -0.2) is 45.2 Å². The van der Waals surface area contributed by atoms with Gasteiger partial charge in [-0.2, -0.15) is 0 Å². The molecule has 0 aliphatic carbocycles. The van der Waals surface area contributed by atoms with Crippen molar-refractivity contribution in [3.05, 3.63) is 7.05 Å². The van der Waals surface area contributed by atoms with Gasteiger partial charge in [-0.05, 0) is 13.8 Å². The maximum absolute atomic E-state index is 5.26. The Balaban J connectivity index is 4.13. The van der Waals surface area contributed by atoms with Gasteiger partial charge in [0.05, 0.1) is 0 Å². The molecule has 14 heavy (non-hydrogen) atoms. The Labute approximate surface area is 85.9 Å². The molecule has 0 aromatic rings. The lowest BCUT2D eigenvalue weighted by atomic mass is 10.7. The smallest absolute Gasteiger partial charge is 0.222 e. The van der Waals surface area contributed by atoms with E-state index in [2.05, 4.69) is 7.05 Å². The van der Waals surface area contributed by atoms with E-state index in [1.165, 1.54) is 19.1 Å². The molecule has 2 atom stereocenters. The summed E-state index contributed by atoms with van der Waals surface area (Å²) in [6, 6.07) is 0. The topological polar surface area (TPSA) is 40.2 Å². The molecular weight excluding hydrogens is 186 g/mol. The SMILES string of the molecule is [CH2]N(C(OC)OCC)C(OC)OCC. The molecule has 2 unspecified atom stereocenters. The van der Waals surface area contributed by atoms with Gasteiger partial charge in [-0.1, -0.05) is 0 Å². The molecule has 5 heteroatoms. The zero-order valence-electron chi connectivity index (χ0n) is 9.36. The molecule has 1 radical (unpaired) electrons. The molecule has 0 spiro atoms. The summed E-state index contributed by atoms with van der Waals surface area (Å²) >= 11 is 0. The van der Waals surface area contributed by atoms with Gasteiger partial charge in [-0.3, -0.25) is 0 Å². The standard InChI is InChI=1S/C9H20NO4/c1-6-13-8(11-4)10(3)9(12-5)14-7-2/h8-9H,3,6-7H2,1-2,4-5H3. The highest BCUT2D eigenvalue weighted by molar-refractivity contribution is 4.52. The lowest BCUT2D eigenvalue weighted by molar-refractivity contribution is -0.293. The third kappa shape index (κ3) is 4.34. The van der Waals surface area contributed by atoms with E-state index in [0.717, 1.165) is 0 Å². The van der Waals surface area contributed by atoms with Gasteiger partial charge in [-0.15, -0.1) is 0 Å². The summed E-state index contributed by atoms with van der Waals surface area (Å²) in [4.78, 5) is 1.48. The van der Waals surface area contributed by atoms with Crippen LogP contribution >= 0.6 is 0 Å². The quantitative estimate of drug-likeness (QED) is 0.554. The minimum atomic E-state index is -0.559. The Morgan fingerprint density at radius 2 is 1.36 bits per heavy atom. The van der Waals surface area contributed by atoms with Gasteiger partial charge in [0.1, 0.15) is 0 Å². The van der Waals surface area contributed by atoms with Crippen molar-refractivity contribution >= 4 is 0 Å². The molecular formula is C9H20NO4. The fraction of sp³-hybridized carbons (Fsp3) is 0.889. The normalized spacial score (nSPS) is 15.9. The van der Waals surface area contributed by atoms with Crippen LogP contribution in [0.2, 0.25) is 0 Å². The second kappa shape index (κ2) is 8.14. The van der Waals surface area contributed by atoms with Crippen molar-refractivity contribution < 1.29 is 18.9 Å². The third-order valence-corrected chi connectivity index (χ3v) is 1.56. The van der Waals surface area contributed by atoms with E-state index in [0.29, 0.717) is 13.2 Å². The van der Waals surface area contributed by atoms with Crippen LogP contribution in [0.3, 0.4) is 0 Å². The molecule has 0 heterocycles. The van der Waals surface area contributed by atoms with E-state index in [-0.39, 0.29) is 0 Å². The average Bonchev–Trinajstić information content (AvgIpc) is 2.21. The predicted molar refractivity (Wildman–Crippen MR) is 52.0 cm³/mol. The Morgan fingerprint density at radius 1 is 1.00 bits per heavy atom. The Kier molecular flexibility index (Phi) is 8.02. The van der Waals surface area contributed by atoms with Gasteiger partial charge in [-0.25, -0.2) is 4.90 Å². The molecule has 0 amide bonds. The summed E-state index contributed by atoms with van der Waals surface area (Å²) in [7, 11) is 6.83. The number of hydrogen-bond donors (Lipinski definition) is 0. The summed E-state index contributed by atoms with van der Waals surface area (Å²) in [5.41, 5.74) is 0. The van der Waals surface area contributed by atoms with Crippen LogP contribution in [0.1, 0.15) is 13.8 Å². The van der Waals surface area contributed by atoms with E-state index in [1.807, 2.05) is 13.8 Å². The van der Waals surface area contributed by atoms with Crippen molar-refractivity contribution in [2.24, 2.45) is 0 Å². The van der Waals surface area contributed by atoms with Crippen LogP contribution in [-0.2, 0) is 18.9 Å². The third-order valence-electron chi connectivity index (χ3n) is 1.56. The van der Waals surface area contributed by atoms with E-state index in [1.54, 1.807) is 0 Å². The van der Waals surface area contributed by atoms with Crippen molar-refractivity contribution in [3.8, 4) is 0 Å². The molecule has 5 nitrogen and oxygen atoms in total. The van der Waals surface area contributed by atoms with Crippen molar-refractivity contribution in [2.45, 2.75) is 26.7 Å². The Bertz CT molecular complexity index is 120. The first kappa shape index (κ1) is 13.8. The van der Waals surface area contributed by atoms with Crippen LogP contribution in [0, 0.1) is 7.05 Å². The van der Waals surface area contributed by atoms with Crippen LogP contribution in [0.25, 0.3) is 0 Å². The first-order valence-electron chi connectivity index (χ1n) is 4.58. The molecule has 0 aromatic heterocycles. The second-order valence-electron chi connectivity index (χ2n) is 2.51. The van der Waals surface area contributed by atoms with E-state index < -0.39 is 12.8 Å². The molecule has 0 N–H and O–H groups in total. The molecule has 0 saturated heterocycles. The largest absolute Gasteiger partial charge is 0.343 e. The van der Waals surface area contributed by atoms with Crippen molar-refractivity contribution in [3.63, 3.8) is 0 Å². The fourth-order valence-electron chi connectivity index (χ4n) is 0.983. The molecule has 0 aliphatic heterocycles. The number of hydrogen-bond acceptors (Lipinski definition) is 5. The first-order valence-corrected chi connectivity index (χ1v) is 4.58. The second-order valence-corrected chi connectivity index (χ2v) is 2.51. The molecule has 0 rings (SSSR count). The first-order chi connectivity index (χ1) is 6.71. The van der Waals surface area contributed by atoms with E-state index >= 15 is 0 Å². The Morgan fingerprint density at radius 3 is 1.57 bits per heavy atom. The average molecular weight is 206 g/mol. The minimum absolute atomic E-state index is 0.535. The lowest BCUT2D eigenvalue weighted by Gasteiger charge is -2.31. The van der Waals surface area contributed by atoms with Gasteiger partial charge in [0, 0.05) is 34.5 Å². The van der Waals surface area contributed by atoms with Crippen molar-refractivity contribution in [2.75, 3.05) is 27.4 Å². The summed E-state index contributed by atoms with van der Waals surface area (Å²) in [6.45, 7) is 4.82. The van der Waals surface area contributed by atoms with Gasteiger partial charge >= 0.3 is 0 Å². The molecule has 85 valence electrons. The maximum atomic E-state index is 5.26.